The smallest absolute Gasteiger partial charge is 0.342 e. The highest BCUT2D eigenvalue weighted by atomic mass is 19.1. The van der Waals surface area contributed by atoms with Crippen LogP contribution in [-0.4, -0.2) is 76.9 Å². The molecular formula is C32H37FN4O6. The molecule has 4 heterocycles. The van der Waals surface area contributed by atoms with Gasteiger partial charge in [-0.1, -0.05) is 24.3 Å². The molecule has 1 N–H and O–H groups in total. The van der Waals surface area contributed by atoms with Crippen molar-refractivity contribution in [2.24, 2.45) is 0 Å². The molecule has 0 bridgehead atoms. The van der Waals surface area contributed by atoms with Crippen molar-refractivity contribution in [3.05, 3.63) is 87.7 Å². The van der Waals surface area contributed by atoms with Crippen LogP contribution in [-0.2, 0) is 33.8 Å². The van der Waals surface area contributed by atoms with Crippen LogP contribution in [0.3, 0.4) is 0 Å². The third-order valence-corrected chi connectivity index (χ3v) is 7.57. The van der Waals surface area contributed by atoms with Gasteiger partial charge in [0.1, 0.15) is 23.7 Å². The first-order chi connectivity index (χ1) is 20.8. The van der Waals surface area contributed by atoms with Crippen molar-refractivity contribution in [3.8, 4) is 11.7 Å². The second-order valence-corrected chi connectivity index (χ2v) is 10.7. The number of benzene rings is 1. The Morgan fingerprint density at radius 2 is 2.07 bits per heavy atom. The van der Waals surface area contributed by atoms with E-state index in [1.54, 1.807) is 18.2 Å². The van der Waals surface area contributed by atoms with Gasteiger partial charge in [0.15, 0.2) is 5.82 Å². The lowest BCUT2D eigenvalue weighted by Crippen LogP contribution is -2.42. The molecule has 10 nitrogen and oxygen atoms in total. The molecular weight excluding hydrogens is 555 g/mol. The lowest BCUT2D eigenvalue weighted by atomic mass is 9.96. The van der Waals surface area contributed by atoms with Crippen LogP contribution in [0.1, 0.15) is 53.5 Å². The predicted octanol–water partition coefficient (Wildman–Crippen LogP) is 4.80. The maximum Gasteiger partial charge on any atom is 0.342 e. The lowest BCUT2D eigenvalue weighted by molar-refractivity contribution is -0.0985. The summed E-state index contributed by atoms with van der Waals surface area (Å²) in [6.45, 7) is 9.84. The lowest BCUT2D eigenvalue weighted by Gasteiger charge is -2.33. The third-order valence-electron chi connectivity index (χ3n) is 7.57. The van der Waals surface area contributed by atoms with E-state index in [4.69, 9.17) is 23.9 Å². The molecule has 0 amide bonds. The van der Waals surface area contributed by atoms with Gasteiger partial charge in [-0.15, -0.1) is 0 Å². The van der Waals surface area contributed by atoms with E-state index in [1.165, 1.54) is 18.0 Å². The van der Waals surface area contributed by atoms with Crippen LogP contribution in [0.4, 0.5) is 4.39 Å². The van der Waals surface area contributed by atoms with E-state index >= 15 is 4.39 Å². The Bertz CT molecular complexity index is 1540. The van der Waals surface area contributed by atoms with Crippen LogP contribution in [0.2, 0.25) is 0 Å². The van der Waals surface area contributed by atoms with Gasteiger partial charge in [0.25, 0.3) is 0 Å². The Kier molecular flexibility index (Phi) is 9.54. The minimum atomic E-state index is -1.15. The number of halogens is 1. The number of aromatic carboxylic acids is 1. The molecule has 228 valence electrons. The van der Waals surface area contributed by atoms with Crippen LogP contribution in [0.5, 0.6) is 5.88 Å². The molecule has 0 unspecified atom stereocenters. The largest absolute Gasteiger partial charge is 0.488 e. The summed E-state index contributed by atoms with van der Waals surface area (Å²) < 4.78 is 40.0. The summed E-state index contributed by atoms with van der Waals surface area (Å²) in [4.78, 5) is 18.6. The standard InChI is InChI=1S/C32H37FN4O6/c1-5-24(27-7-6-8-28(35-27)37-31(40-4)26(15-34-37)32(38)39)30(20(2)3)43-18-22-10-9-21-16-36(12-11-25(21)29(22)33)17-23-19-41-13-14-42-23/h5-10,15,23H,11-14,16-19H2,1-4H3,(H,38,39)/b24-5-/t23-/m1/s1. The molecule has 3 aromatic rings. The van der Waals surface area contributed by atoms with Gasteiger partial charge in [-0.05, 0) is 56.0 Å². The number of fused-ring (bicyclic) bond motifs is 1. The third kappa shape index (κ3) is 6.64. The van der Waals surface area contributed by atoms with Gasteiger partial charge in [-0.2, -0.15) is 9.78 Å². The summed E-state index contributed by atoms with van der Waals surface area (Å²) in [5.41, 5.74) is 4.36. The number of carbonyl (C=O) groups is 1. The maximum atomic E-state index is 15.7. The first kappa shape index (κ1) is 30.4. The Labute approximate surface area is 250 Å². The molecule has 1 saturated heterocycles. The van der Waals surface area contributed by atoms with Crippen molar-refractivity contribution in [2.45, 2.75) is 46.4 Å². The Morgan fingerprint density at radius 1 is 1.23 bits per heavy atom. The number of ether oxygens (including phenoxy) is 4. The van der Waals surface area contributed by atoms with E-state index in [0.717, 1.165) is 29.8 Å². The molecule has 1 aromatic carbocycles. The zero-order valence-electron chi connectivity index (χ0n) is 24.9. The fourth-order valence-electron chi connectivity index (χ4n) is 5.49. The van der Waals surface area contributed by atoms with Gasteiger partial charge in [-0.3, -0.25) is 4.90 Å². The molecule has 2 aliphatic rings. The zero-order chi connectivity index (χ0) is 30.5. The van der Waals surface area contributed by atoms with E-state index in [-0.39, 0.29) is 30.0 Å². The molecule has 43 heavy (non-hydrogen) atoms. The summed E-state index contributed by atoms with van der Waals surface area (Å²) in [6, 6.07) is 9.13. The summed E-state index contributed by atoms with van der Waals surface area (Å²) in [5.74, 6) is -0.329. The molecule has 0 saturated carbocycles. The molecule has 1 fully saturated rings. The second kappa shape index (κ2) is 13.5. The number of pyridine rings is 1. The van der Waals surface area contributed by atoms with Crippen molar-refractivity contribution in [1.82, 2.24) is 19.7 Å². The molecule has 11 heteroatoms. The van der Waals surface area contributed by atoms with Gasteiger partial charge in [0.2, 0.25) is 5.88 Å². The summed E-state index contributed by atoms with van der Waals surface area (Å²) in [7, 11) is 1.38. The van der Waals surface area contributed by atoms with Crippen molar-refractivity contribution in [1.29, 1.82) is 0 Å². The van der Waals surface area contributed by atoms with Crippen LogP contribution in [0, 0.1) is 5.82 Å². The topological polar surface area (TPSA) is 108 Å². The van der Waals surface area contributed by atoms with Crippen LogP contribution < -0.4 is 4.74 Å². The molecule has 5 rings (SSSR count). The Hall–Kier alpha value is -4.06. The molecule has 2 aromatic heterocycles. The molecule has 0 aliphatic carbocycles. The van der Waals surface area contributed by atoms with Crippen molar-refractivity contribution >= 4 is 11.5 Å². The number of nitrogens with zero attached hydrogens (tertiary/aromatic N) is 4. The highest BCUT2D eigenvalue weighted by Crippen LogP contribution is 2.30. The summed E-state index contributed by atoms with van der Waals surface area (Å²) >= 11 is 0. The highest BCUT2D eigenvalue weighted by molar-refractivity contribution is 5.90. The van der Waals surface area contributed by atoms with Crippen LogP contribution >= 0.6 is 0 Å². The fourth-order valence-corrected chi connectivity index (χ4v) is 5.49. The van der Waals surface area contributed by atoms with Gasteiger partial charge in [0.05, 0.1) is 44.9 Å². The van der Waals surface area contributed by atoms with Gasteiger partial charge in [-0.25, -0.2) is 14.2 Å². The quantitative estimate of drug-likeness (QED) is 0.262. The number of methoxy groups -OCH3 is 1. The number of rotatable bonds is 10. The second-order valence-electron chi connectivity index (χ2n) is 10.7. The molecule has 0 spiro atoms. The average molecular weight is 593 g/mol. The van der Waals surface area contributed by atoms with Crippen molar-refractivity contribution in [3.63, 3.8) is 0 Å². The number of carboxylic acid groups (broad SMARTS) is 1. The first-order valence-electron chi connectivity index (χ1n) is 14.3. The molecule has 1 atom stereocenters. The van der Waals surface area contributed by atoms with Gasteiger partial charge >= 0.3 is 5.97 Å². The van der Waals surface area contributed by atoms with E-state index in [1.807, 2.05) is 39.0 Å². The minimum Gasteiger partial charge on any atom is -0.488 e. The monoisotopic (exact) mass is 592 g/mol. The molecule has 2 aliphatic heterocycles. The number of carboxylic acids is 1. The Balaban J connectivity index is 1.32. The summed E-state index contributed by atoms with van der Waals surface area (Å²) in [6.07, 6.45) is 3.78. The maximum absolute atomic E-state index is 15.7. The predicted molar refractivity (Wildman–Crippen MR) is 158 cm³/mol. The summed E-state index contributed by atoms with van der Waals surface area (Å²) in [5, 5.41) is 13.6. The zero-order valence-corrected chi connectivity index (χ0v) is 24.9. The average Bonchev–Trinajstić information content (AvgIpc) is 3.45. The fraction of sp³-hybridized carbons (Fsp3) is 0.406. The number of hydrogen-bond acceptors (Lipinski definition) is 8. The van der Waals surface area contributed by atoms with E-state index in [2.05, 4.69) is 10.00 Å². The van der Waals surface area contributed by atoms with Crippen LogP contribution in [0.15, 0.2) is 53.9 Å². The first-order valence-corrected chi connectivity index (χ1v) is 14.3. The highest BCUT2D eigenvalue weighted by Gasteiger charge is 2.25. The van der Waals surface area contributed by atoms with E-state index < -0.39 is 5.97 Å². The van der Waals surface area contributed by atoms with Gasteiger partial charge < -0.3 is 24.1 Å². The van der Waals surface area contributed by atoms with Crippen molar-refractivity contribution in [2.75, 3.05) is 40.0 Å². The molecule has 0 radical (unpaired) electrons. The number of hydrogen-bond donors (Lipinski definition) is 1. The Morgan fingerprint density at radius 3 is 2.77 bits per heavy atom. The van der Waals surface area contributed by atoms with E-state index in [0.29, 0.717) is 61.2 Å². The number of allylic oxidation sites excluding steroid dienone is 3. The number of aromatic nitrogens is 3. The van der Waals surface area contributed by atoms with Crippen molar-refractivity contribution < 1.29 is 33.2 Å². The SMILES string of the molecule is C/C=C(\C(OCc1ccc2c(c1F)CCN(C[C@@H]1COCCO1)C2)=C(C)C)c1cccc(-n2ncc(C(=O)O)c2OC)n1. The minimum absolute atomic E-state index is 0.0510. The van der Waals surface area contributed by atoms with Gasteiger partial charge in [0, 0.05) is 30.8 Å². The normalized spacial score (nSPS) is 17.3. The van der Waals surface area contributed by atoms with E-state index in [9.17, 15) is 9.90 Å². The van der Waals surface area contributed by atoms with Crippen LogP contribution in [0.25, 0.3) is 11.4 Å².